The Morgan fingerprint density at radius 2 is 1.84 bits per heavy atom. The molecule has 1 fully saturated rings. The van der Waals surface area contributed by atoms with Gasteiger partial charge in [-0.2, -0.15) is 0 Å². The van der Waals surface area contributed by atoms with E-state index in [2.05, 4.69) is 25.9 Å². The van der Waals surface area contributed by atoms with Crippen molar-refractivity contribution in [2.45, 2.75) is 59.1 Å². The van der Waals surface area contributed by atoms with Crippen LogP contribution in [-0.2, 0) is 16.0 Å². The third-order valence-corrected chi connectivity index (χ3v) is 6.91. The van der Waals surface area contributed by atoms with Crippen molar-refractivity contribution in [3.05, 3.63) is 54.5 Å². The number of pyridine rings is 2. The first-order valence-corrected chi connectivity index (χ1v) is 14.4. The van der Waals surface area contributed by atoms with E-state index >= 15 is 0 Å². The van der Waals surface area contributed by atoms with Crippen molar-refractivity contribution in [2.24, 2.45) is 5.92 Å². The molecule has 43 heavy (non-hydrogen) atoms. The van der Waals surface area contributed by atoms with Crippen molar-refractivity contribution < 1.29 is 23.9 Å². The Balaban J connectivity index is 0.00000506. The maximum absolute atomic E-state index is 12.6. The number of anilines is 1. The second-order valence-corrected chi connectivity index (χ2v) is 11.3. The van der Waals surface area contributed by atoms with Crippen molar-refractivity contribution in [1.29, 1.82) is 0 Å². The second kappa shape index (κ2) is 15.4. The molecule has 0 aliphatic carbocycles. The summed E-state index contributed by atoms with van der Waals surface area (Å²) in [5.41, 5.74) is 2.25. The first kappa shape index (κ1) is 33.4. The van der Waals surface area contributed by atoms with Crippen molar-refractivity contribution in [2.75, 3.05) is 31.6 Å². The highest BCUT2D eigenvalue weighted by Crippen LogP contribution is 2.32. The van der Waals surface area contributed by atoms with Gasteiger partial charge in [0, 0.05) is 50.2 Å². The number of aromatic nitrogens is 2. The number of hydrogen-bond acceptors (Lipinski definition) is 7. The minimum absolute atomic E-state index is 0. The fourth-order valence-electron chi connectivity index (χ4n) is 4.95. The van der Waals surface area contributed by atoms with Gasteiger partial charge in [-0.25, -0.2) is 19.4 Å². The zero-order valence-corrected chi connectivity index (χ0v) is 26.0. The van der Waals surface area contributed by atoms with Gasteiger partial charge < -0.3 is 25.0 Å². The van der Waals surface area contributed by atoms with Crippen molar-refractivity contribution in [1.82, 2.24) is 25.5 Å². The summed E-state index contributed by atoms with van der Waals surface area (Å²) in [6.45, 7) is 9.69. The van der Waals surface area contributed by atoms with Crippen LogP contribution in [0.2, 0.25) is 0 Å². The van der Waals surface area contributed by atoms with Gasteiger partial charge in [-0.15, -0.1) is 12.4 Å². The molecule has 0 bridgehead atoms. The molecule has 0 saturated carbocycles. The number of alkyl carbamates (subject to hydrolysis) is 1. The fourth-order valence-corrected chi connectivity index (χ4v) is 4.95. The van der Waals surface area contributed by atoms with Gasteiger partial charge in [-0.1, -0.05) is 12.1 Å². The number of nitrogens with one attached hydrogen (secondary N) is 3. The van der Waals surface area contributed by atoms with Crippen molar-refractivity contribution in [3.8, 4) is 11.1 Å². The van der Waals surface area contributed by atoms with Gasteiger partial charge in [0.05, 0.1) is 6.61 Å². The monoisotopic (exact) mass is 612 g/mol. The summed E-state index contributed by atoms with van der Waals surface area (Å²) in [6, 6.07) is 9.26. The Kier molecular flexibility index (Phi) is 11.9. The molecular formula is C31H41ClN6O5. The van der Waals surface area contributed by atoms with Gasteiger partial charge in [0.2, 0.25) is 0 Å². The number of likely N-dealkylation sites (tertiary alicyclic amines) is 1. The molecule has 0 spiro atoms. The van der Waals surface area contributed by atoms with Crippen LogP contribution in [0.1, 0.15) is 52.5 Å². The normalized spacial score (nSPS) is 14.8. The molecule has 12 heteroatoms. The van der Waals surface area contributed by atoms with Gasteiger partial charge in [0.15, 0.2) is 0 Å². The number of carbonyl (C=O) groups is 3. The summed E-state index contributed by atoms with van der Waals surface area (Å²) < 4.78 is 11.0. The van der Waals surface area contributed by atoms with Gasteiger partial charge in [-0.3, -0.25) is 10.3 Å². The molecule has 3 heterocycles. The van der Waals surface area contributed by atoms with Crippen LogP contribution < -0.4 is 16.0 Å². The van der Waals surface area contributed by atoms with Crippen LogP contribution in [0, 0.1) is 5.92 Å². The number of rotatable bonds is 8. The maximum atomic E-state index is 12.6. The van der Waals surface area contributed by atoms with Gasteiger partial charge in [-0.05, 0) is 93.2 Å². The molecule has 4 rings (SSSR count). The minimum atomic E-state index is -0.531. The number of fused-ring (bicyclic) bond motifs is 1. The molecule has 3 N–H and O–H groups in total. The minimum Gasteiger partial charge on any atom is -0.450 e. The van der Waals surface area contributed by atoms with Gasteiger partial charge in [0.25, 0.3) is 0 Å². The second-order valence-electron chi connectivity index (χ2n) is 11.3. The summed E-state index contributed by atoms with van der Waals surface area (Å²) in [4.78, 5) is 47.3. The summed E-state index contributed by atoms with van der Waals surface area (Å²) >= 11 is 0. The van der Waals surface area contributed by atoms with Crippen molar-refractivity contribution >= 4 is 47.2 Å². The van der Waals surface area contributed by atoms with E-state index in [1.165, 1.54) is 0 Å². The molecule has 3 aromatic rings. The number of hydrogen-bond donors (Lipinski definition) is 3. The van der Waals surface area contributed by atoms with Crippen LogP contribution in [0.4, 0.5) is 20.2 Å². The van der Waals surface area contributed by atoms with E-state index in [0.717, 1.165) is 40.3 Å². The molecule has 1 aromatic carbocycles. The largest absolute Gasteiger partial charge is 0.450 e. The molecule has 1 saturated heterocycles. The number of urea groups is 1. The zero-order chi connectivity index (χ0) is 30.1. The molecule has 0 unspecified atom stereocenters. The summed E-state index contributed by atoms with van der Waals surface area (Å²) in [5, 5.41) is 10.0. The SMILES string of the molecule is CCNC(=O)Nc1cc2c(-c3ccncc3)ccc(CNC(=O)OCC[C@H]3CCCN(C(=O)OC(C)(C)C)C3)c2cn1.Cl. The highest BCUT2D eigenvalue weighted by Gasteiger charge is 2.27. The molecule has 0 radical (unpaired) electrons. The molecule has 2 aromatic heterocycles. The molecule has 1 aliphatic heterocycles. The first-order chi connectivity index (χ1) is 20.1. The highest BCUT2D eigenvalue weighted by molar-refractivity contribution is 6.00. The lowest BCUT2D eigenvalue weighted by atomic mass is 9.95. The Labute approximate surface area is 258 Å². The lowest BCUT2D eigenvalue weighted by Crippen LogP contribution is -2.43. The van der Waals surface area contributed by atoms with E-state index in [0.29, 0.717) is 31.9 Å². The summed E-state index contributed by atoms with van der Waals surface area (Å²) in [6.07, 6.45) is 6.88. The molecule has 232 valence electrons. The number of carbonyl (C=O) groups excluding carboxylic acids is 3. The maximum Gasteiger partial charge on any atom is 0.410 e. The van der Waals surface area contributed by atoms with E-state index in [9.17, 15) is 14.4 Å². The first-order valence-electron chi connectivity index (χ1n) is 14.4. The average molecular weight is 613 g/mol. The fraction of sp³-hybridized carbons (Fsp3) is 0.452. The third-order valence-electron chi connectivity index (χ3n) is 6.91. The average Bonchev–Trinajstić information content (AvgIpc) is 2.95. The molecule has 11 nitrogen and oxygen atoms in total. The summed E-state index contributed by atoms with van der Waals surface area (Å²) in [7, 11) is 0. The van der Waals surface area contributed by atoms with E-state index in [1.807, 2.05) is 58.0 Å². The number of nitrogens with zero attached hydrogens (tertiary/aromatic N) is 3. The van der Waals surface area contributed by atoms with Crippen LogP contribution in [-0.4, -0.2) is 64.9 Å². The van der Waals surface area contributed by atoms with E-state index < -0.39 is 11.7 Å². The van der Waals surface area contributed by atoms with Crippen LogP contribution >= 0.6 is 12.4 Å². The van der Waals surface area contributed by atoms with Gasteiger partial charge >= 0.3 is 18.2 Å². The van der Waals surface area contributed by atoms with Crippen molar-refractivity contribution in [3.63, 3.8) is 0 Å². The van der Waals surface area contributed by atoms with E-state index in [-0.39, 0.29) is 43.6 Å². The standard InChI is InChI=1S/C31H40N6O5.ClH/c1-5-33-28(38)36-27-17-25-24(22-10-13-32-14-11-22)9-8-23(26(25)19-34-27)18-35-29(39)41-16-12-21-7-6-15-37(20-21)30(40)42-31(2,3)4;/h8-11,13-14,17,19,21H,5-7,12,15-16,18,20H2,1-4H3,(H,35,39)(H2,33,34,36,38);1H/t21-;/m1./s1. The Morgan fingerprint density at radius 3 is 2.56 bits per heavy atom. The lowest BCUT2D eigenvalue weighted by Gasteiger charge is -2.34. The van der Waals surface area contributed by atoms with Crippen LogP contribution in [0.15, 0.2) is 48.9 Å². The predicted octanol–water partition coefficient (Wildman–Crippen LogP) is 6.12. The third kappa shape index (κ3) is 9.71. The molecule has 4 amide bonds. The van der Waals surface area contributed by atoms with E-state index in [1.54, 1.807) is 23.5 Å². The quantitative estimate of drug-likeness (QED) is 0.279. The Hall–Kier alpha value is -4.12. The Morgan fingerprint density at radius 1 is 1.07 bits per heavy atom. The van der Waals surface area contributed by atoms with Gasteiger partial charge in [0.1, 0.15) is 11.4 Å². The Bertz CT molecular complexity index is 1400. The van der Waals surface area contributed by atoms with Crippen LogP contribution in [0.5, 0.6) is 0 Å². The van der Waals surface area contributed by atoms with Crippen LogP contribution in [0.3, 0.4) is 0 Å². The number of halogens is 1. The number of amides is 4. The van der Waals surface area contributed by atoms with Crippen LogP contribution in [0.25, 0.3) is 21.9 Å². The topological polar surface area (TPSA) is 135 Å². The van der Waals surface area contributed by atoms with E-state index in [4.69, 9.17) is 9.47 Å². The predicted molar refractivity (Wildman–Crippen MR) is 168 cm³/mol. The number of ether oxygens (including phenoxy) is 2. The number of piperidine rings is 1. The smallest absolute Gasteiger partial charge is 0.410 e. The lowest BCUT2D eigenvalue weighted by molar-refractivity contribution is 0.0149. The highest BCUT2D eigenvalue weighted by atomic mass is 35.5. The number of benzene rings is 1. The zero-order valence-electron chi connectivity index (χ0n) is 25.1. The summed E-state index contributed by atoms with van der Waals surface area (Å²) in [5.74, 6) is 0.665. The molecular weight excluding hydrogens is 572 g/mol. The molecule has 1 atom stereocenters. The molecule has 1 aliphatic rings.